The summed E-state index contributed by atoms with van der Waals surface area (Å²) in [5, 5.41) is 0.985. The second-order valence-corrected chi connectivity index (χ2v) is 16.0. The molecule has 0 saturated heterocycles. The summed E-state index contributed by atoms with van der Waals surface area (Å²) in [7, 11) is 4.20. The maximum atomic E-state index is 12.7. The molecule has 3 unspecified atom stereocenters. The molecule has 44 heavy (non-hydrogen) atoms. The largest absolute Gasteiger partial charge is 0.309 e. The molecule has 0 heterocycles. The van der Waals surface area contributed by atoms with Gasteiger partial charge in [0, 0.05) is 11.7 Å². The zero-order chi connectivity index (χ0) is 32.5. The van der Waals surface area contributed by atoms with E-state index in [1.54, 1.807) is 11.8 Å². The molecule has 262 valence electrons. The molecule has 0 aromatic heterocycles. The van der Waals surface area contributed by atoms with Crippen molar-refractivity contribution in [2.75, 3.05) is 20.6 Å². The Balaban J connectivity index is 4.05. The summed E-state index contributed by atoms with van der Waals surface area (Å²) in [6.07, 6.45) is 41.9. The highest BCUT2D eigenvalue weighted by atomic mass is 32.2. The molecule has 0 bridgehead atoms. The summed E-state index contributed by atoms with van der Waals surface area (Å²) in [6.45, 7) is 10.5. The van der Waals surface area contributed by atoms with Crippen LogP contribution in [0.2, 0.25) is 0 Å². The van der Waals surface area contributed by atoms with Gasteiger partial charge in [-0.3, -0.25) is 4.79 Å². The van der Waals surface area contributed by atoms with Crippen molar-refractivity contribution < 1.29 is 4.79 Å². The number of nitrogens with zero attached hydrogens (tertiary/aromatic N) is 1. The topological polar surface area (TPSA) is 20.3 Å². The average Bonchev–Trinajstić information content (AvgIpc) is 2.98. The Kier molecular flexibility index (Phi) is 33.8. The molecule has 0 spiro atoms. The number of rotatable bonds is 34. The predicted octanol–water partition coefficient (Wildman–Crippen LogP) is 14.0. The number of carbonyl (C=O) groups excluding carboxylic acids is 1. The minimum Gasteiger partial charge on any atom is -0.309 e. The molecule has 0 aromatic rings. The van der Waals surface area contributed by atoms with Crippen molar-refractivity contribution >= 4 is 16.9 Å². The molecule has 0 rings (SSSR count). The van der Waals surface area contributed by atoms with Crippen molar-refractivity contribution in [3.05, 3.63) is 12.2 Å². The smallest absolute Gasteiger partial charge is 0.189 e. The maximum absolute atomic E-state index is 12.7. The van der Waals surface area contributed by atoms with Gasteiger partial charge in [-0.1, -0.05) is 180 Å². The third-order valence-electron chi connectivity index (χ3n) is 9.40. The highest BCUT2D eigenvalue weighted by Crippen LogP contribution is 2.27. The fraction of sp³-hybridized carbons (Fsp3) is 0.927. The zero-order valence-corrected chi connectivity index (χ0v) is 32.0. The van der Waals surface area contributed by atoms with E-state index < -0.39 is 0 Å². The lowest BCUT2D eigenvalue weighted by Crippen LogP contribution is -2.14. The van der Waals surface area contributed by atoms with Gasteiger partial charge in [-0.2, -0.15) is 0 Å². The summed E-state index contributed by atoms with van der Waals surface area (Å²) >= 11 is 1.70. The Morgan fingerprint density at radius 3 is 1.50 bits per heavy atom. The van der Waals surface area contributed by atoms with Gasteiger partial charge in [0.25, 0.3) is 0 Å². The van der Waals surface area contributed by atoms with Gasteiger partial charge in [-0.25, -0.2) is 0 Å². The molecule has 0 fully saturated rings. The summed E-state index contributed by atoms with van der Waals surface area (Å²) in [5.41, 5.74) is 0. The van der Waals surface area contributed by atoms with Crippen LogP contribution in [-0.4, -0.2) is 35.9 Å². The molecule has 0 N–H and O–H groups in total. The van der Waals surface area contributed by atoms with E-state index in [9.17, 15) is 4.79 Å². The molecule has 0 amide bonds. The van der Waals surface area contributed by atoms with E-state index in [4.69, 9.17) is 0 Å². The lowest BCUT2D eigenvalue weighted by Gasteiger charge is -2.17. The van der Waals surface area contributed by atoms with Crippen LogP contribution in [0.1, 0.15) is 207 Å². The first-order valence-electron chi connectivity index (χ1n) is 19.9. The second-order valence-electron chi connectivity index (χ2n) is 14.7. The predicted molar refractivity (Wildman–Crippen MR) is 203 cm³/mol. The molecule has 0 aliphatic rings. The molecule has 2 nitrogen and oxygen atoms in total. The van der Waals surface area contributed by atoms with Crippen molar-refractivity contribution in [3.63, 3.8) is 0 Å². The van der Waals surface area contributed by atoms with Gasteiger partial charge in [0.05, 0.1) is 0 Å². The van der Waals surface area contributed by atoms with Crippen LogP contribution in [0.5, 0.6) is 0 Å². The molecular weight excluding hydrogens is 555 g/mol. The Labute approximate surface area is 283 Å². The Morgan fingerprint density at radius 2 is 1.00 bits per heavy atom. The highest BCUT2D eigenvalue weighted by molar-refractivity contribution is 8.14. The Morgan fingerprint density at radius 1 is 0.568 bits per heavy atom. The van der Waals surface area contributed by atoms with E-state index in [2.05, 4.69) is 58.8 Å². The third-order valence-corrected chi connectivity index (χ3v) is 10.7. The van der Waals surface area contributed by atoms with Crippen LogP contribution in [0.3, 0.4) is 0 Å². The first-order valence-corrected chi connectivity index (χ1v) is 20.8. The molecule has 0 aromatic carbocycles. The summed E-state index contributed by atoms with van der Waals surface area (Å²) < 4.78 is 0. The van der Waals surface area contributed by atoms with Gasteiger partial charge in [-0.15, -0.1) is 0 Å². The van der Waals surface area contributed by atoms with Gasteiger partial charge in [0.1, 0.15) is 0 Å². The van der Waals surface area contributed by atoms with E-state index in [-0.39, 0.29) is 0 Å². The summed E-state index contributed by atoms with van der Waals surface area (Å²) in [6, 6.07) is 0. The summed E-state index contributed by atoms with van der Waals surface area (Å²) in [4.78, 5) is 14.9. The average molecular weight is 636 g/mol. The van der Waals surface area contributed by atoms with Crippen molar-refractivity contribution in [2.45, 2.75) is 213 Å². The minimum atomic E-state index is 0.436. The highest BCUT2D eigenvalue weighted by Gasteiger charge is 2.15. The van der Waals surface area contributed by atoms with Gasteiger partial charge in [-0.05, 0) is 77.4 Å². The lowest BCUT2D eigenvalue weighted by atomic mass is 9.89. The number of thioether (sulfide) groups is 1. The molecule has 3 heteroatoms. The van der Waals surface area contributed by atoms with Crippen LogP contribution in [0, 0.1) is 11.8 Å². The van der Waals surface area contributed by atoms with E-state index in [0.29, 0.717) is 10.4 Å². The first-order chi connectivity index (χ1) is 21.4. The van der Waals surface area contributed by atoms with E-state index in [0.717, 1.165) is 31.2 Å². The van der Waals surface area contributed by atoms with Crippen molar-refractivity contribution in [1.82, 2.24) is 4.90 Å². The molecule has 0 aliphatic carbocycles. The second kappa shape index (κ2) is 34.1. The molecule has 0 aliphatic heterocycles. The van der Waals surface area contributed by atoms with Crippen molar-refractivity contribution in [3.8, 4) is 0 Å². The monoisotopic (exact) mass is 636 g/mol. The van der Waals surface area contributed by atoms with E-state index in [1.165, 1.54) is 167 Å². The quantitative estimate of drug-likeness (QED) is 0.0518. The van der Waals surface area contributed by atoms with Crippen LogP contribution in [-0.2, 0) is 4.79 Å². The zero-order valence-electron chi connectivity index (χ0n) is 31.2. The van der Waals surface area contributed by atoms with Gasteiger partial charge in [0.2, 0.25) is 0 Å². The maximum Gasteiger partial charge on any atom is 0.189 e. The van der Waals surface area contributed by atoms with Crippen molar-refractivity contribution in [1.29, 1.82) is 0 Å². The van der Waals surface area contributed by atoms with E-state index in [1.807, 2.05) is 0 Å². The Hall–Kier alpha value is -0.280. The molecular formula is C41H81NOS. The van der Waals surface area contributed by atoms with E-state index >= 15 is 0 Å². The number of unbranched alkanes of at least 4 members (excludes halogenated alkanes) is 17. The van der Waals surface area contributed by atoms with Crippen LogP contribution in [0.15, 0.2) is 12.2 Å². The number of allylic oxidation sites excluding steroid dienone is 2. The number of hydrogen-bond acceptors (Lipinski definition) is 3. The molecule has 0 radical (unpaired) electrons. The third kappa shape index (κ3) is 33.1. The fourth-order valence-corrected chi connectivity index (χ4v) is 7.74. The number of hydrogen-bond donors (Lipinski definition) is 0. The van der Waals surface area contributed by atoms with Crippen LogP contribution in [0.25, 0.3) is 0 Å². The lowest BCUT2D eigenvalue weighted by molar-refractivity contribution is -0.111. The van der Waals surface area contributed by atoms with Crippen LogP contribution in [0.4, 0.5) is 0 Å². The number of carbonyl (C=O) groups is 1. The molecule has 3 atom stereocenters. The van der Waals surface area contributed by atoms with Crippen LogP contribution < -0.4 is 0 Å². The normalized spacial score (nSPS) is 14.1. The molecule has 0 saturated carbocycles. The van der Waals surface area contributed by atoms with Gasteiger partial charge >= 0.3 is 0 Å². The minimum absolute atomic E-state index is 0.436. The SMILES string of the molecule is CCCC/C=C/CCCCCCCCCCC(CCCCCCCCC(C)CC(C)CCCCC)SC(=O)CCCN(C)C. The fourth-order valence-electron chi connectivity index (χ4n) is 6.54. The summed E-state index contributed by atoms with van der Waals surface area (Å²) in [5.74, 6) is 1.80. The standard InChI is InChI=1S/C41H81NOS/c1-7-9-11-12-13-14-15-16-17-18-19-20-24-28-33-40(44-41(43)35-30-36-42(5)6)34-29-25-22-21-23-27-32-39(4)37-38(3)31-26-10-8-2/h12-13,38-40H,7-11,14-37H2,1-6H3/b13-12+. The first kappa shape index (κ1) is 43.7. The van der Waals surface area contributed by atoms with Crippen LogP contribution >= 0.6 is 11.8 Å². The van der Waals surface area contributed by atoms with Gasteiger partial charge < -0.3 is 4.90 Å². The van der Waals surface area contributed by atoms with Gasteiger partial charge in [0.15, 0.2) is 5.12 Å². The van der Waals surface area contributed by atoms with Crippen molar-refractivity contribution in [2.24, 2.45) is 11.8 Å². The Bertz CT molecular complexity index is 618.